The Morgan fingerprint density at radius 2 is 1.88 bits per heavy atom. The number of benzene rings is 2. The molecule has 8 heteroatoms. The van der Waals surface area contributed by atoms with E-state index < -0.39 is 0 Å². The van der Waals surface area contributed by atoms with E-state index in [4.69, 9.17) is 9.52 Å². The number of rotatable bonds is 7. The predicted molar refractivity (Wildman–Crippen MR) is 138 cm³/mol. The molecule has 0 aliphatic heterocycles. The Morgan fingerprint density at radius 1 is 1.06 bits per heavy atom. The fourth-order valence-corrected chi connectivity index (χ4v) is 3.45. The first-order chi connectivity index (χ1) is 15.2. The van der Waals surface area contributed by atoms with Gasteiger partial charge >= 0.3 is 0 Å². The zero-order chi connectivity index (χ0) is 21.5. The summed E-state index contributed by atoms with van der Waals surface area (Å²) in [5.41, 5.74) is 1.91. The van der Waals surface area contributed by atoms with Crippen molar-refractivity contribution in [2.75, 3.05) is 13.1 Å². The normalized spacial score (nSPS) is 12.2. The molecule has 1 unspecified atom stereocenters. The van der Waals surface area contributed by atoms with Gasteiger partial charge in [0.05, 0.1) is 6.04 Å². The number of aromatic nitrogens is 3. The van der Waals surface area contributed by atoms with Gasteiger partial charge in [-0.05, 0) is 42.3 Å². The molecule has 0 fully saturated rings. The molecule has 166 valence electrons. The van der Waals surface area contributed by atoms with E-state index in [1.54, 1.807) is 6.20 Å². The lowest BCUT2D eigenvalue weighted by Gasteiger charge is -2.19. The lowest BCUT2D eigenvalue weighted by atomic mass is 10.00. The molecule has 0 amide bonds. The molecule has 4 rings (SSSR count). The molecule has 4 aromatic rings. The first-order valence-corrected chi connectivity index (χ1v) is 10.5. The van der Waals surface area contributed by atoms with Crippen molar-refractivity contribution in [2.24, 2.45) is 4.99 Å². The van der Waals surface area contributed by atoms with Gasteiger partial charge in [-0.15, -0.1) is 24.0 Å². The number of hydrogen-bond acceptors (Lipinski definition) is 5. The van der Waals surface area contributed by atoms with E-state index in [2.05, 4.69) is 82.1 Å². The van der Waals surface area contributed by atoms with Gasteiger partial charge in [-0.3, -0.25) is 9.98 Å². The molecule has 0 aliphatic rings. The molecule has 0 saturated heterocycles. The molecule has 7 nitrogen and oxygen atoms in total. The number of nitrogens with zero attached hydrogens (tertiary/aromatic N) is 4. The average molecular weight is 542 g/mol. The lowest BCUT2D eigenvalue weighted by Crippen LogP contribution is -2.39. The number of hydrogen-bond donors (Lipinski definition) is 2. The summed E-state index contributed by atoms with van der Waals surface area (Å²) in [6, 6.07) is 20.5. The molecule has 2 aromatic carbocycles. The number of guanidine groups is 1. The van der Waals surface area contributed by atoms with E-state index >= 15 is 0 Å². The second-order valence-corrected chi connectivity index (χ2v) is 7.18. The van der Waals surface area contributed by atoms with E-state index in [9.17, 15) is 0 Å². The van der Waals surface area contributed by atoms with Crippen molar-refractivity contribution in [3.63, 3.8) is 0 Å². The van der Waals surface area contributed by atoms with Crippen LogP contribution in [-0.2, 0) is 6.42 Å². The summed E-state index contributed by atoms with van der Waals surface area (Å²) in [6.07, 6.45) is 2.28. The summed E-state index contributed by atoms with van der Waals surface area (Å²) in [6.45, 7) is 5.52. The smallest absolute Gasteiger partial charge is 0.276 e. The molecule has 2 heterocycles. The third kappa shape index (κ3) is 5.82. The highest BCUT2D eigenvalue weighted by Crippen LogP contribution is 2.24. The highest BCUT2D eigenvalue weighted by Gasteiger charge is 2.12. The van der Waals surface area contributed by atoms with Crippen LogP contribution in [0.4, 0.5) is 0 Å². The topological polar surface area (TPSA) is 88.2 Å². The Labute approximate surface area is 204 Å². The fraction of sp³-hybridized carbons (Fsp3) is 0.250. The van der Waals surface area contributed by atoms with E-state index in [0.29, 0.717) is 30.4 Å². The summed E-state index contributed by atoms with van der Waals surface area (Å²) < 4.78 is 5.32. The van der Waals surface area contributed by atoms with Gasteiger partial charge in [-0.1, -0.05) is 53.7 Å². The van der Waals surface area contributed by atoms with Gasteiger partial charge in [0.1, 0.15) is 5.69 Å². The van der Waals surface area contributed by atoms with Crippen LogP contribution in [-0.4, -0.2) is 34.2 Å². The Balaban J connectivity index is 0.00000289. The summed E-state index contributed by atoms with van der Waals surface area (Å²) >= 11 is 0. The third-order valence-electron chi connectivity index (χ3n) is 4.94. The monoisotopic (exact) mass is 542 g/mol. The van der Waals surface area contributed by atoms with Crippen molar-refractivity contribution in [1.82, 2.24) is 25.8 Å². The average Bonchev–Trinajstić information content (AvgIpc) is 3.28. The van der Waals surface area contributed by atoms with Crippen LogP contribution in [0.25, 0.3) is 22.4 Å². The molecular weight excluding hydrogens is 515 g/mol. The summed E-state index contributed by atoms with van der Waals surface area (Å²) in [5.74, 6) is 1.80. The van der Waals surface area contributed by atoms with Gasteiger partial charge in [-0.25, -0.2) is 0 Å². The summed E-state index contributed by atoms with van der Waals surface area (Å²) in [5, 5.41) is 13.3. The minimum Gasteiger partial charge on any atom is -0.357 e. The van der Waals surface area contributed by atoms with Crippen LogP contribution in [0.1, 0.15) is 31.3 Å². The maximum atomic E-state index is 5.32. The largest absolute Gasteiger partial charge is 0.357 e. The maximum Gasteiger partial charge on any atom is 0.276 e. The zero-order valence-electron chi connectivity index (χ0n) is 18.2. The van der Waals surface area contributed by atoms with Gasteiger partial charge < -0.3 is 15.2 Å². The van der Waals surface area contributed by atoms with Crippen LogP contribution in [0, 0.1) is 0 Å². The fourth-order valence-electron chi connectivity index (χ4n) is 3.45. The third-order valence-corrected chi connectivity index (χ3v) is 4.94. The maximum absolute atomic E-state index is 5.32. The predicted octanol–water partition coefficient (Wildman–Crippen LogP) is 4.76. The van der Waals surface area contributed by atoms with E-state index in [-0.39, 0.29) is 30.0 Å². The minimum atomic E-state index is 0. The van der Waals surface area contributed by atoms with Crippen LogP contribution >= 0.6 is 24.0 Å². The van der Waals surface area contributed by atoms with Gasteiger partial charge in [-0.2, -0.15) is 4.98 Å². The van der Waals surface area contributed by atoms with Crippen LogP contribution in [0.2, 0.25) is 0 Å². The van der Waals surface area contributed by atoms with E-state index in [0.717, 1.165) is 12.5 Å². The Bertz CT molecular complexity index is 1160. The van der Waals surface area contributed by atoms with Crippen LogP contribution < -0.4 is 10.6 Å². The zero-order valence-corrected chi connectivity index (χ0v) is 20.5. The molecule has 2 aromatic heterocycles. The van der Waals surface area contributed by atoms with Gasteiger partial charge in [0.25, 0.3) is 5.89 Å². The second kappa shape index (κ2) is 11.6. The highest BCUT2D eigenvalue weighted by atomic mass is 127. The van der Waals surface area contributed by atoms with Crippen molar-refractivity contribution in [3.05, 3.63) is 78.2 Å². The molecule has 32 heavy (non-hydrogen) atoms. The number of pyridine rings is 1. The Morgan fingerprint density at radius 3 is 2.69 bits per heavy atom. The van der Waals surface area contributed by atoms with E-state index in [1.165, 1.54) is 16.3 Å². The number of fused-ring (bicyclic) bond motifs is 1. The van der Waals surface area contributed by atoms with Gasteiger partial charge in [0.15, 0.2) is 11.8 Å². The van der Waals surface area contributed by atoms with E-state index in [1.807, 2.05) is 18.2 Å². The molecule has 0 radical (unpaired) electrons. The van der Waals surface area contributed by atoms with Crippen molar-refractivity contribution in [3.8, 4) is 11.6 Å². The van der Waals surface area contributed by atoms with Gasteiger partial charge in [0, 0.05) is 25.7 Å². The minimum absolute atomic E-state index is 0. The van der Waals surface area contributed by atoms with Gasteiger partial charge in [0.2, 0.25) is 0 Å². The molecule has 0 saturated carbocycles. The number of nitrogens with one attached hydrogen (secondary N) is 2. The Hall–Kier alpha value is -3.01. The van der Waals surface area contributed by atoms with Crippen molar-refractivity contribution >= 4 is 40.7 Å². The number of halogens is 1. The lowest BCUT2D eigenvalue weighted by molar-refractivity contribution is 0.421. The summed E-state index contributed by atoms with van der Waals surface area (Å²) in [4.78, 5) is 13.3. The highest BCUT2D eigenvalue weighted by molar-refractivity contribution is 14.0. The molecule has 1 atom stereocenters. The van der Waals surface area contributed by atoms with Crippen LogP contribution in [0.15, 0.2) is 76.4 Å². The number of aliphatic imine (C=N–C) groups is 1. The van der Waals surface area contributed by atoms with Crippen molar-refractivity contribution in [1.29, 1.82) is 0 Å². The molecule has 0 bridgehead atoms. The van der Waals surface area contributed by atoms with Crippen LogP contribution in [0.5, 0.6) is 0 Å². The molecular formula is C24H27IN6O. The Kier molecular flexibility index (Phi) is 8.55. The standard InChI is InChI=1S/C24H26N6O.HI/c1-3-25-24(28-17(2)19-12-8-10-18-9-4-5-11-20(18)19)27-16-14-22-29-23(31-30-22)21-13-6-7-15-26-21;/h4-13,15,17H,3,14,16H2,1-2H3,(H2,25,27,28);1H. The molecule has 0 spiro atoms. The second-order valence-electron chi connectivity index (χ2n) is 7.18. The molecule has 2 N–H and O–H groups in total. The van der Waals surface area contributed by atoms with Crippen molar-refractivity contribution < 1.29 is 4.52 Å². The quantitative estimate of drug-likeness (QED) is 0.199. The first-order valence-electron chi connectivity index (χ1n) is 10.5. The first kappa shape index (κ1) is 23.6. The SMILES string of the molecule is CCNC(=NCCc1noc(-c2ccccn2)n1)NC(C)c1cccc2ccccc12.I. The molecule has 0 aliphatic carbocycles. The van der Waals surface area contributed by atoms with Crippen molar-refractivity contribution in [2.45, 2.75) is 26.3 Å². The summed E-state index contributed by atoms with van der Waals surface area (Å²) in [7, 11) is 0. The van der Waals surface area contributed by atoms with Crippen LogP contribution in [0.3, 0.4) is 0 Å².